The molecular weight excluding hydrogens is 456 g/mol. The number of aromatic nitrogens is 2. The lowest BCUT2D eigenvalue weighted by atomic mass is 10.00. The molecular formula is C27H44N4O3Si. The lowest BCUT2D eigenvalue weighted by Gasteiger charge is -2.48. The Kier molecular flexibility index (Phi) is 7.99. The van der Waals surface area contributed by atoms with Crippen LogP contribution in [0.15, 0.2) is 30.6 Å². The third-order valence-corrected chi connectivity index (χ3v) is 11.9. The van der Waals surface area contributed by atoms with Crippen molar-refractivity contribution in [3.8, 4) is 0 Å². The number of carbonyl (C=O) groups is 1. The molecule has 1 aliphatic heterocycles. The maximum atomic E-state index is 13.1. The minimum Gasteiger partial charge on any atom is -0.444 e. The lowest BCUT2D eigenvalue weighted by Crippen LogP contribution is -2.62. The van der Waals surface area contributed by atoms with Crippen molar-refractivity contribution in [3.63, 3.8) is 0 Å². The van der Waals surface area contributed by atoms with E-state index in [1.807, 2.05) is 31.7 Å². The van der Waals surface area contributed by atoms with Gasteiger partial charge in [-0.3, -0.25) is 14.9 Å². The molecule has 3 rings (SSSR count). The molecule has 0 N–H and O–H groups in total. The first-order valence-corrected chi connectivity index (χ1v) is 15.6. The highest BCUT2D eigenvalue weighted by Gasteiger charge is 2.42. The Morgan fingerprint density at radius 1 is 1.09 bits per heavy atom. The molecule has 0 spiro atoms. The number of nitrogens with zero attached hydrogens (tertiary/aromatic N) is 4. The highest BCUT2D eigenvalue weighted by atomic mass is 28.4. The number of amides is 1. The number of hydrogen-bond donors (Lipinski definition) is 0. The second-order valence-corrected chi connectivity index (χ2v) is 17.2. The Labute approximate surface area is 212 Å². The van der Waals surface area contributed by atoms with Gasteiger partial charge in [0.25, 0.3) is 0 Å². The molecule has 1 aromatic carbocycles. The Balaban J connectivity index is 1.88. The highest BCUT2D eigenvalue weighted by Crippen LogP contribution is 2.37. The van der Waals surface area contributed by atoms with Gasteiger partial charge in [0.15, 0.2) is 8.32 Å². The van der Waals surface area contributed by atoms with Gasteiger partial charge in [0.2, 0.25) is 0 Å². The molecule has 1 aromatic heterocycles. The first-order chi connectivity index (χ1) is 16.1. The van der Waals surface area contributed by atoms with E-state index in [2.05, 4.69) is 74.7 Å². The first kappa shape index (κ1) is 27.6. The van der Waals surface area contributed by atoms with E-state index in [-0.39, 0.29) is 29.3 Å². The Hall–Kier alpha value is -2.03. The lowest BCUT2D eigenvalue weighted by molar-refractivity contribution is -0.0312. The van der Waals surface area contributed by atoms with E-state index in [9.17, 15) is 4.79 Å². The van der Waals surface area contributed by atoms with E-state index >= 15 is 0 Å². The molecule has 1 saturated heterocycles. The third-order valence-electron chi connectivity index (χ3n) is 7.43. The number of hydrogen-bond acceptors (Lipinski definition) is 6. The van der Waals surface area contributed by atoms with Crippen LogP contribution in [0.4, 0.5) is 4.79 Å². The van der Waals surface area contributed by atoms with Gasteiger partial charge in [-0.05, 0) is 70.4 Å². The normalized spacial score (nSPS) is 21.3. The standard InChI is InChI=1S/C27H44N4O3Si/c1-19-16-31(20(2)21-11-12-23-24(15-21)29-14-13-28-23)22(18-33-35(9,10)27(6,7)8)17-30(19)25(32)34-26(3,4)5/h11-15,19-20,22H,16-18H2,1-10H3/t19-,20?,22-/m0/s1. The van der Waals surface area contributed by atoms with E-state index in [0.717, 1.165) is 17.6 Å². The van der Waals surface area contributed by atoms with Gasteiger partial charge in [0.05, 0.1) is 23.7 Å². The van der Waals surface area contributed by atoms with Crippen molar-refractivity contribution in [3.05, 3.63) is 36.2 Å². The molecule has 1 unspecified atom stereocenters. The fourth-order valence-electron chi connectivity index (χ4n) is 4.22. The predicted molar refractivity (Wildman–Crippen MR) is 144 cm³/mol. The van der Waals surface area contributed by atoms with Crippen molar-refractivity contribution >= 4 is 25.4 Å². The third kappa shape index (κ3) is 6.60. The zero-order valence-corrected chi connectivity index (χ0v) is 24.3. The molecule has 2 aromatic rings. The number of carbonyl (C=O) groups excluding carboxylic acids is 1. The fourth-order valence-corrected chi connectivity index (χ4v) is 5.26. The van der Waals surface area contributed by atoms with E-state index in [0.29, 0.717) is 13.2 Å². The summed E-state index contributed by atoms with van der Waals surface area (Å²) in [6.07, 6.45) is 3.20. The second kappa shape index (κ2) is 10.1. The highest BCUT2D eigenvalue weighted by molar-refractivity contribution is 6.74. The SMILES string of the molecule is CC(c1ccc2nccnc2c1)N1C[C@H](C)N(C(=O)OC(C)(C)C)C[C@H]1CO[Si](C)(C)C(C)(C)C. The minimum absolute atomic E-state index is 0.0247. The summed E-state index contributed by atoms with van der Waals surface area (Å²) < 4.78 is 12.4. The summed E-state index contributed by atoms with van der Waals surface area (Å²) in [4.78, 5) is 26.3. The topological polar surface area (TPSA) is 67.8 Å². The number of ether oxygens (including phenoxy) is 1. The van der Waals surface area contributed by atoms with Gasteiger partial charge >= 0.3 is 6.09 Å². The minimum atomic E-state index is -1.95. The van der Waals surface area contributed by atoms with Crippen LogP contribution in [-0.4, -0.2) is 71.6 Å². The van der Waals surface area contributed by atoms with E-state index in [4.69, 9.17) is 9.16 Å². The van der Waals surface area contributed by atoms with Crippen LogP contribution in [0.3, 0.4) is 0 Å². The average Bonchev–Trinajstić information content (AvgIpc) is 2.75. The van der Waals surface area contributed by atoms with Gasteiger partial charge in [0, 0.05) is 37.6 Å². The zero-order chi connectivity index (χ0) is 26.2. The molecule has 3 atom stereocenters. The van der Waals surface area contributed by atoms with Gasteiger partial charge in [-0.15, -0.1) is 0 Å². The van der Waals surface area contributed by atoms with Crippen LogP contribution in [0, 0.1) is 0 Å². The molecule has 1 aliphatic rings. The fraction of sp³-hybridized carbons (Fsp3) is 0.667. The largest absolute Gasteiger partial charge is 0.444 e. The van der Waals surface area contributed by atoms with Crippen LogP contribution >= 0.6 is 0 Å². The van der Waals surface area contributed by atoms with E-state index in [1.165, 1.54) is 5.56 Å². The van der Waals surface area contributed by atoms with Gasteiger partial charge in [0.1, 0.15) is 5.60 Å². The second-order valence-electron chi connectivity index (χ2n) is 12.4. The number of fused-ring (bicyclic) bond motifs is 1. The maximum Gasteiger partial charge on any atom is 0.410 e. The molecule has 0 saturated carbocycles. The predicted octanol–water partition coefficient (Wildman–Crippen LogP) is 6.02. The molecule has 7 nitrogen and oxygen atoms in total. The van der Waals surface area contributed by atoms with Gasteiger partial charge in [-0.1, -0.05) is 26.8 Å². The summed E-state index contributed by atoms with van der Waals surface area (Å²) >= 11 is 0. The van der Waals surface area contributed by atoms with Crippen LogP contribution in [0.2, 0.25) is 18.1 Å². The molecule has 1 amide bonds. The van der Waals surface area contributed by atoms with Crippen molar-refractivity contribution in [2.75, 3.05) is 19.7 Å². The average molecular weight is 501 g/mol. The van der Waals surface area contributed by atoms with E-state index in [1.54, 1.807) is 12.4 Å². The van der Waals surface area contributed by atoms with Crippen LogP contribution in [-0.2, 0) is 9.16 Å². The number of rotatable bonds is 5. The van der Waals surface area contributed by atoms with Crippen molar-refractivity contribution in [1.29, 1.82) is 0 Å². The number of piperazine rings is 1. The van der Waals surface area contributed by atoms with Crippen molar-refractivity contribution in [2.45, 2.75) is 97.2 Å². The molecule has 0 radical (unpaired) electrons. The number of benzene rings is 1. The molecule has 0 bridgehead atoms. The molecule has 1 fully saturated rings. The molecule has 194 valence electrons. The molecule has 2 heterocycles. The molecule has 35 heavy (non-hydrogen) atoms. The van der Waals surface area contributed by atoms with Gasteiger partial charge in [-0.25, -0.2) is 4.79 Å². The Bertz CT molecular complexity index is 1030. The quantitative estimate of drug-likeness (QED) is 0.468. The summed E-state index contributed by atoms with van der Waals surface area (Å²) in [6.45, 7) is 23.3. The summed E-state index contributed by atoms with van der Waals surface area (Å²) in [5, 5.41) is 0.118. The van der Waals surface area contributed by atoms with Crippen molar-refractivity contribution in [1.82, 2.24) is 19.8 Å². The van der Waals surface area contributed by atoms with Crippen LogP contribution in [0.1, 0.15) is 67.0 Å². The Morgan fingerprint density at radius 3 is 2.31 bits per heavy atom. The van der Waals surface area contributed by atoms with Crippen molar-refractivity contribution < 1.29 is 14.0 Å². The summed E-state index contributed by atoms with van der Waals surface area (Å²) in [6, 6.07) is 6.52. The van der Waals surface area contributed by atoms with Crippen LogP contribution < -0.4 is 0 Å². The smallest absolute Gasteiger partial charge is 0.410 e. The maximum absolute atomic E-state index is 13.1. The zero-order valence-electron chi connectivity index (χ0n) is 23.3. The summed E-state index contributed by atoms with van der Waals surface area (Å²) in [5.74, 6) is 0. The van der Waals surface area contributed by atoms with Crippen LogP contribution in [0.5, 0.6) is 0 Å². The summed E-state index contributed by atoms with van der Waals surface area (Å²) in [5.41, 5.74) is 2.45. The first-order valence-electron chi connectivity index (χ1n) is 12.7. The molecule has 8 heteroatoms. The molecule has 0 aliphatic carbocycles. The van der Waals surface area contributed by atoms with E-state index < -0.39 is 13.9 Å². The van der Waals surface area contributed by atoms with Crippen molar-refractivity contribution in [2.24, 2.45) is 0 Å². The monoisotopic (exact) mass is 500 g/mol. The van der Waals surface area contributed by atoms with Crippen LogP contribution in [0.25, 0.3) is 11.0 Å². The Morgan fingerprint density at radius 2 is 1.71 bits per heavy atom. The van der Waals surface area contributed by atoms with Gasteiger partial charge < -0.3 is 14.1 Å². The van der Waals surface area contributed by atoms with Gasteiger partial charge in [-0.2, -0.15) is 0 Å². The summed E-state index contributed by atoms with van der Waals surface area (Å²) in [7, 11) is -1.95.